The standard InChI is InChI=1S/C20H18N2O2/c1-3-7-16-14-17(23-2)10-12-19(16)24-20-13-11-18(21-22-20)15-8-5-4-6-9-15/h3-6,8-14H,1,7H2,2H3. The van der Waals surface area contributed by atoms with Gasteiger partial charge in [-0.05, 0) is 30.7 Å². The fourth-order valence-electron chi connectivity index (χ4n) is 2.35. The third kappa shape index (κ3) is 3.60. The third-order valence-electron chi connectivity index (χ3n) is 3.56. The summed E-state index contributed by atoms with van der Waals surface area (Å²) in [4.78, 5) is 0. The first-order valence-electron chi connectivity index (χ1n) is 7.65. The van der Waals surface area contributed by atoms with Crippen LogP contribution in [0.15, 0.2) is 73.3 Å². The van der Waals surface area contributed by atoms with Crippen molar-refractivity contribution in [2.24, 2.45) is 0 Å². The molecule has 0 atom stereocenters. The number of hydrogen-bond donors (Lipinski definition) is 0. The molecule has 3 rings (SSSR count). The van der Waals surface area contributed by atoms with E-state index in [4.69, 9.17) is 9.47 Å². The highest BCUT2D eigenvalue weighted by Gasteiger charge is 2.08. The first-order chi connectivity index (χ1) is 11.8. The second-order valence-corrected chi connectivity index (χ2v) is 5.19. The Labute approximate surface area is 141 Å². The number of hydrogen-bond acceptors (Lipinski definition) is 4. The van der Waals surface area contributed by atoms with Crippen LogP contribution in [0, 0.1) is 0 Å². The van der Waals surface area contributed by atoms with E-state index in [2.05, 4.69) is 16.8 Å². The summed E-state index contributed by atoms with van der Waals surface area (Å²) >= 11 is 0. The maximum atomic E-state index is 5.88. The van der Waals surface area contributed by atoms with Gasteiger partial charge in [-0.2, -0.15) is 0 Å². The number of allylic oxidation sites excluding steroid dienone is 1. The van der Waals surface area contributed by atoms with Crippen molar-refractivity contribution in [2.45, 2.75) is 6.42 Å². The van der Waals surface area contributed by atoms with E-state index < -0.39 is 0 Å². The maximum Gasteiger partial charge on any atom is 0.238 e. The minimum atomic E-state index is 0.449. The molecule has 0 amide bonds. The summed E-state index contributed by atoms with van der Waals surface area (Å²) in [6.07, 6.45) is 2.51. The van der Waals surface area contributed by atoms with E-state index in [1.165, 1.54) is 0 Å². The zero-order chi connectivity index (χ0) is 16.8. The van der Waals surface area contributed by atoms with Crippen LogP contribution in [0.2, 0.25) is 0 Å². The second kappa shape index (κ2) is 7.42. The van der Waals surface area contributed by atoms with Crippen molar-refractivity contribution in [3.63, 3.8) is 0 Å². The van der Waals surface area contributed by atoms with Crippen LogP contribution < -0.4 is 9.47 Å². The summed E-state index contributed by atoms with van der Waals surface area (Å²) in [6, 6.07) is 19.3. The van der Waals surface area contributed by atoms with Crippen molar-refractivity contribution >= 4 is 0 Å². The van der Waals surface area contributed by atoms with Gasteiger partial charge >= 0.3 is 0 Å². The quantitative estimate of drug-likeness (QED) is 0.619. The van der Waals surface area contributed by atoms with Gasteiger partial charge in [0.15, 0.2) is 0 Å². The SMILES string of the molecule is C=CCc1cc(OC)ccc1Oc1ccc(-c2ccccc2)nn1. The minimum absolute atomic E-state index is 0.449. The first kappa shape index (κ1) is 15.7. The van der Waals surface area contributed by atoms with Gasteiger partial charge in [-0.1, -0.05) is 36.4 Å². The number of rotatable bonds is 6. The van der Waals surface area contributed by atoms with Gasteiger partial charge in [0, 0.05) is 17.2 Å². The fraction of sp³-hybridized carbons (Fsp3) is 0.100. The molecule has 2 aromatic carbocycles. The van der Waals surface area contributed by atoms with Gasteiger partial charge in [-0.3, -0.25) is 0 Å². The van der Waals surface area contributed by atoms with Gasteiger partial charge in [-0.15, -0.1) is 16.8 Å². The van der Waals surface area contributed by atoms with Gasteiger partial charge in [0.1, 0.15) is 11.5 Å². The Hall–Kier alpha value is -3.14. The fourth-order valence-corrected chi connectivity index (χ4v) is 2.35. The normalized spacial score (nSPS) is 10.2. The molecule has 0 radical (unpaired) electrons. The Kier molecular flexibility index (Phi) is 4.87. The molecule has 0 spiro atoms. The summed E-state index contributed by atoms with van der Waals surface area (Å²) in [7, 11) is 1.64. The molecule has 0 aliphatic rings. The lowest BCUT2D eigenvalue weighted by Crippen LogP contribution is -1.96. The number of ether oxygens (including phenoxy) is 2. The highest BCUT2D eigenvalue weighted by atomic mass is 16.5. The predicted molar refractivity (Wildman–Crippen MR) is 94.4 cm³/mol. The molecule has 0 saturated carbocycles. The van der Waals surface area contributed by atoms with Crippen LogP contribution in [0.4, 0.5) is 0 Å². The summed E-state index contributed by atoms with van der Waals surface area (Å²) < 4.78 is 11.1. The molecule has 0 fully saturated rings. The lowest BCUT2D eigenvalue weighted by atomic mass is 10.1. The Morgan fingerprint density at radius 3 is 2.50 bits per heavy atom. The highest BCUT2D eigenvalue weighted by molar-refractivity contribution is 5.58. The van der Waals surface area contributed by atoms with Crippen molar-refractivity contribution in [3.8, 4) is 28.6 Å². The van der Waals surface area contributed by atoms with Gasteiger partial charge in [0.25, 0.3) is 0 Å². The summed E-state index contributed by atoms with van der Waals surface area (Å²) in [5.74, 6) is 1.95. The lowest BCUT2D eigenvalue weighted by Gasteiger charge is -2.11. The second-order valence-electron chi connectivity index (χ2n) is 5.19. The monoisotopic (exact) mass is 318 g/mol. The largest absolute Gasteiger partial charge is 0.497 e. The zero-order valence-corrected chi connectivity index (χ0v) is 13.5. The summed E-state index contributed by atoms with van der Waals surface area (Å²) in [5, 5.41) is 8.40. The number of benzene rings is 2. The average Bonchev–Trinajstić information content (AvgIpc) is 2.65. The van der Waals surface area contributed by atoms with Crippen LogP contribution in [-0.2, 0) is 6.42 Å². The molecule has 0 saturated heterocycles. The van der Waals surface area contributed by atoms with Crippen molar-refractivity contribution in [1.82, 2.24) is 10.2 Å². The van der Waals surface area contributed by atoms with Crippen LogP contribution in [0.25, 0.3) is 11.3 Å². The Balaban J connectivity index is 1.82. The smallest absolute Gasteiger partial charge is 0.238 e. The van der Waals surface area contributed by atoms with Gasteiger partial charge in [0.2, 0.25) is 5.88 Å². The lowest BCUT2D eigenvalue weighted by molar-refractivity contribution is 0.410. The Morgan fingerprint density at radius 1 is 1.00 bits per heavy atom. The molecule has 0 aliphatic heterocycles. The van der Waals surface area contributed by atoms with Crippen molar-refractivity contribution in [3.05, 3.63) is 78.9 Å². The molecular weight excluding hydrogens is 300 g/mol. The maximum absolute atomic E-state index is 5.88. The molecule has 4 heteroatoms. The molecule has 1 aromatic heterocycles. The van der Waals surface area contributed by atoms with Crippen molar-refractivity contribution < 1.29 is 9.47 Å². The van der Waals surface area contributed by atoms with Crippen molar-refractivity contribution in [2.75, 3.05) is 7.11 Å². The van der Waals surface area contributed by atoms with E-state index in [1.807, 2.05) is 66.7 Å². The van der Waals surface area contributed by atoms with E-state index in [9.17, 15) is 0 Å². The molecule has 0 N–H and O–H groups in total. The average molecular weight is 318 g/mol. The van der Waals surface area contributed by atoms with Crippen LogP contribution in [0.5, 0.6) is 17.4 Å². The molecule has 1 heterocycles. The molecule has 120 valence electrons. The summed E-state index contributed by atoms with van der Waals surface area (Å²) in [6.45, 7) is 3.78. The Bertz CT molecular complexity index is 815. The van der Waals surface area contributed by atoms with Crippen LogP contribution >= 0.6 is 0 Å². The van der Waals surface area contributed by atoms with Crippen molar-refractivity contribution in [1.29, 1.82) is 0 Å². The summed E-state index contributed by atoms with van der Waals surface area (Å²) in [5.41, 5.74) is 2.82. The van der Waals surface area contributed by atoms with E-state index in [-0.39, 0.29) is 0 Å². The van der Waals surface area contributed by atoms with E-state index in [0.29, 0.717) is 12.3 Å². The molecular formula is C20H18N2O2. The molecule has 0 unspecified atom stereocenters. The van der Waals surface area contributed by atoms with Gasteiger partial charge in [-0.25, -0.2) is 0 Å². The number of nitrogens with zero attached hydrogens (tertiary/aromatic N) is 2. The Morgan fingerprint density at radius 2 is 1.83 bits per heavy atom. The molecule has 24 heavy (non-hydrogen) atoms. The van der Waals surface area contributed by atoms with E-state index in [1.54, 1.807) is 7.11 Å². The van der Waals surface area contributed by atoms with Crippen LogP contribution in [0.3, 0.4) is 0 Å². The topological polar surface area (TPSA) is 44.2 Å². The molecule has 3 aromatic rings. The molecule has 0 bridgehead atoms. The van der Waals surface area contributed by atoms with Crippen LogP contribution in [0.1, 0.15) is 5.56 Å². The predicted octanol–water partition coefficient (Wildman–Crippen LogP) is 4.67. The first-order valence-corrected chi connectivity index (χ1v) is 7.65. The van der Waals surface area contributed by atoms with Gasteiger partial charge in [0.05, 0.1) is 12.8 Å². The highest BCUT2D eigenvalue weighted by Crippen LogP contribution is 2.29. The number of methoxy groups -OCH3 is 1. The molecule has 0 aliphatic carbocycles. The minimum Gasteiger partial charge on any atom is -0.497 e. The number of aromatic nitrogens is 2. The zero-order valence-electron chi connectivity index (χ0n) is 13.5. The van der Waals surface area contributed by atoms with E-state index >= 15 is 0 Å². The molecule has 4 nitrogen and oxygen atoms in total. The van der Waals surface area contributed by atoms with E-state index in [0.717, 1.165) is 28.3 Å². The van der Waals surface area contributed by atoms with Gasteiger partial charge < -0.3 is 9.47 Å². The third-order valence-corrected chi connectivity index (χ3v) is 3.56. The van der Waals surface area contributed by atoms with Crippen LogP contribution in [-0.4, -0.2) is 17.3 Å².